The molecule has 4 nitrogen and oxygen atoms in total. The highest BCUT2D eigenvalue weighted by atomic mass is 14.9. The zero-order valence-corrected chi connectivity index (χ0v) is 11.1. The summed E-state index contributed by atoms with van der Waals surface area (Å²) in [4.78, 5) is 16.5. The lowest BCUT2D eigenvalue weighted by atomic mass is 10.1. The molecule has 0 bridgehead atoms. The highest BCUT2D eigenvalue weighted by Crippen LogP contribution is 2.19. The molecular formula is C15H16N4. The summed E-state index contributed by atoms with van der Waals surface area (Å²) in [6.07, 6.45) is 7.30. The Morgan fingerprint density at radius 3 is 2.79 bits per heavy atom. The molecule has 96 valence electrons. The van der Waals surface area contributed by atoms with E-state index >= 15 is 0 Å². The molecule has 3 aromatic rings. The van der Waals surface area contributed by atoms with Crippen molar-refractivity contribution in [1.82, 2.24) is 19.9 Å². The van der Waals surface area contributed by atoms with Crippen molar-refractivity contribution in [1.29, 1.82) is 0 Å². The van der Waals surface area contributed by atoms with E-state index in [1.54, 1.807) is 6.20 Å². The lowest BCUT2D eigenvalue weighted by Gasteiger charge is -2.06. The van der Waals surface area contributed by atoms with Crippen LogP contribution in [0.4, 0.5) is 0 Å². The summed E-state index contributed by atoms with van der Waals surface area (Å²) >= 11 is 0. The minimum absolute atomic E-state index is 0.884. The zero-order valence-electron chi connectivity index (χ0n) is 11.1. The van der Waals surface area contributed by atoms with Gasteiger partial charge in [-0.15, -0.1) is 0 Å². The van der Waals surface area contributed by atoms with Gasteiger partial charge in [0.25, 0.3) is 0 Å². The maximum atomic E-state index is 4.75. The van der Waals surface area contributed by atoms with Gasteiger partial charge in [-0.3, -0.25) is 9.97 Å². The van der Waals surface area contributed by atoms with Crippen molar-refractivity contribution < 1.29 is 0 Å². The van der Waals surface area contributed by atoms with Gasteiger partial charge in [0.2, 0.25) is 0 Å². The molecule has 1 N–H and O–H groups in total. The minimum Gasteiger partial charge on any atom is -0.349 e. The molecule has 0 saturated carbocycles. The molecule has 0 saturated heterocycles. The van der Waals surface area contributed by atoms with E-state index in [2.05, 4.69) is 34.0 Å². The van der Waals surface area contributed by atoms with Gasteiger partial charge < -0.3 is 4.98 Å². The third-order valence-electron chi connectivity index (χ3n) is 3.34. The second-order valence-corrected chi connectivity index (χ2v) is 4.76. The number of pyridine rings is 2. The molecule has 0 aromatic carbocycles. The highest BCUT2D eigenvalue weighted by molar-refractivity contribution is 5.83. The molecule has 4 heteroatoms. The lowest BCUT2D eigenvalue weighted by molar-refractivity contribution is 0.861. The van der Waals surface area contributed by atoms with Gasteiger partial charge in [0.15, 0.2) is 0 Å². The summed E-state index contributed by atoms with van der Waals surface area (Å²) in [5.74, 6) is 1.00. The van der Waals surface area contributed by atoms with E-state index in [1.807, 2.05) is 19.3 Å². The largest absolute Gasteiger partial charge is 0.349 e. The Morgan fingerprint density at radius 2 is 2.00 bits per heavy atom. The number of hydrogen-bond donors (Lipinski definition) is 1. The van der Waals surface area contributed by atoms with Crippen molar-refractivity contribution in [2.45, 2.75) is 26.7 Å². The van der Waals surface area contributed by atoms with E-state index in [4.69, 9.17) is 4.98 Å². The molecule has 0 aliphatic rings. The standard InChI is InChI=1S/C15H16N4/c1-10-9-18-11(2)13-5-3-12(19-15(10)13)4-6-14-16-7-8-17-14/h3,5,7-9H,4,6H2,1-2H3,(H,16,17). The first-order chi connectivity index (χ1) is 9.24. The number of hydrogen-bond acceptors (Lipinski definition) is 3. The molecule has 3 aromatic heterocycles. The van der Waals surface area contributed by atoms with Gasteiger partial charge in [-0.2, -0.15) is 0 Å². The molecule has 19 heavy (non-hydrogen) atoms. The summed E-state index contributed by atoms with van der Waals surface area (Å²) < 4.78 is 0. The van der Waals surface area contributed by atoms with Crippen molar-refractivity contribution in [3.05, 3.63) is 53.5 Å². The van der Waals surface area contributed by atoms with Gasteiger partial charge in [0.1, 0.15) is 5.82 Å². The van der Waals surface area contributed by atoms with Crippen molar-refractivity contribution in [3.63, 3.8) is 0 Å². The van der Waals surface area contributed by atoms with Crippen molar-refractivity contribution >= 4 is 10.9 Å². The van der Waals surface area contributed by atoms with E-state index in [1.165, 1.54) is 0 Å². The quantitative estimate of drug-likeness (QED) is 0.779. The van der Waals surface area contributed by atoms with E-state index in [9.17, 15) is 0 Å². The molecule has 0 spiro atoms. The maximum Gasteiger partial charge on any atom is 0.106 e. The van der Waals surface area contributed by atoms with Crippen LogP contribution in [-0.4, -0.2) is 19.9 Å². The molecule has 0 amide bonds. The predicted molar refractivity (Wildman–Crippen MR) is 75.0 cm³/mol. The van der Waals surface area contributed by atoms with E-state index in [0.29, 0.717) is 0 Å². The van der Waals surface area contributed by atoms with Crippen LogP contribution in [0.3, 0.4) is 0 Å². The number of imidazole rings is 1. The molecular weight excluding hydrogens is 236 g/mol. The SMILES string of the molecule is Cc1ncc(C)c2nc(CCc3ncc[nH]3)ccc12. The third kappa shape index (κ3) is 2.34. The van der Waals surface area contributed by atoms with Crippen molar-refractivity contribution in [2.24, 2.45) is 0 Å². The van der Waals surface area contributed by atoms with Gasteiger partial charge in [-0.1, -0.05) is 0 Å². The molecule has 0 atom stereocenters. The molecule has 0 aliphatic carbocycles. The van der Waals surface area contributed by atoms with Crippen LogP contribution in [0.5, 0.6) is 0 Å². The smallest absolute Gasteiger partial charge is 0.106 e. The van der Waals surface area contributed by atoms with Crippen LogP contribution >= 0.6 is 0 Å². The summed E-state index contributed by atoms with van der Waals surface area (Å²) in [5, 5.41) is 1.14. The Labute approximate surface area is 111 Å². The van der Waals surface area contributed by atoms with Gasteiger partial charge in [0.05, 0.1) is 5.52 Å². The van der Waals surface area contributed by atoms with Gasteiger partial charge in [-0.25, -0.2) is 4.98 Å². The molecule has 0 aliphatic heterocycles. The van der Waals surface area contributed by atoms with Crippen LogP contribution in [0, 0.1) is 13.8 Å². The number of aryl methyl sites for hydroxylation is 4. The fourth-order valence-corrected chi connectivity index (χ4v) is 2.24. The Hall–Kier alpha value is -2.23. The predicted octanol–water partition coefficient (Wildman–Crippen LogP) is 2.75. The van der Waals surface area contributed by atoms with E-state index < -0.39 is 0 Å². The van der Waals surface area contributed by atoms with Gasteiger partial charge in [0, 0.05) is 41.8 Å². The molecule has 3 rings (SSSR count). The van der Waals surface area contributed by atoms with Gasteiger partial charge >= 0.3 is 0 Å². The fraction of sp³-hybridized carbons (Fsp3) is 0.267. The monoisotopic (exact) mass is 252 g/mol. The summed E-state index contributed by atoms with van der Waals surface area (Å²) in [7, 11) is 0. The van der Waals surface area contributed by atoms with E-state index in [0.717, 1.165) is 46.5 Å². The topological polar surface area (TPSA) is 54.5 Å². The Morgan fingerprint density at radius 1 is 1.11 bits per heavy atom. The van der Waals surface area contributed by atoms with Crippen molar-refractivity contribution in [2.75, 3.05) is 0 Å². The number of aromatic amines is 1. The van der Waals surface area contributed by atoms with Crippen LogP contribution < -0.4 is 0 Å². The molecule has 0 radical (unpaired) electrons. The summed E-state index contributed by atoms with van der Waals surface area (Å²) in [5.41, 5.74) is 4.31. The number of nitrogens with zero attached hydrogens (tertiary/aromatic N) is 3. The summed E-state index contributed by atoms with van der Waals surface area (Å²) in [6, 6.07) is 4.20. The van der Waals surface area contributed by atoms with Crippen LogP contribution in [0.15, 0.2) is 30.7 Å². The number of rotatable bonds is 3. The maximum absolute atomic E-state index is 4.75. The first-order valence-electron chi connectivity index (χ1n) is 6.44. The fourth-order valence-electron chi connectivity index (χ4n) is 2.24. The van der Waals surface area contributed by atoms with Crippen LogP contribution in [-0.2, 0) is 12.8 Å². The second-order valence-electron chi connectivity index (χ2n) is 4.76. The molecule has 0 unspecified atom stereocenters. The molecule has 0 fully saturated rings. The highest BCUT2D eigenvalue weighted by Gasteiger charge is 2.05. The normalized spacial score (nSPS) is 11.1. The van der Waals surface area contributed by atoms with Crippen LogP contribution in [0.25, 0.3) is 10.9 Å². The minimum atomic E-state index is 0.884. The number of nitrogens with one attached hydrogen (secondary N) is 1. The van der Waals surface area contributed by atoms with Gasteiger partial charge in [-0.05, 0) is 38.0 Å². The average Bonchev–Trinajstić information content (AvgIpc) is 2.94. The Balaban J connectivity index is 1.91. The first kappa shape index (κ1) is 11.8. The average molecular weight is 252 g/mol. The van der Waals surface area contributed by atoms with Crippen LogP contribution in [0.2, 0.25) is 0 Å². The van der Waals surface area contributed by atoms with E-state index in [-0.39, 0.29) is 0 Å². The Kier molecular flexibility index (Phi) is 2.99. The second kappa shape index (κ2) is 4.80. The zero-order chi connectivity index (χ0) is 13.2. The third-order valence-corrected chi connectivity index (χ3v) is 3.34. The van der Waals surface area contributed by atoms with Crippen LogP contribution in [0.1, 0.15) is 22.8 Å². The van der Waals surface area contributed by atoms with Crippen molar-refractivity contribution in [3.8, 4) is 0 Å². The Bertz CT molecular complexity index is 701. The first-order valence-corrected chi connectivity index (χ1v) is 6.44. The number of fused-ring (bicyclic) bond motifs is 1. The number of aromatic nitrogens is 4. The lowest BCUT2D eigenvalue weighted by Crippen LogP contribution is -1.98. The number of H-pyrrole nitrogens is 1. The molecule has 3 heterocycles. The summed E-state index contributed by atoms with van der Waals surface area (Å²) in [6.45, 7) is 4.07.